The highest BCUT2D eigenvalue weighted by atomic mass is 32.2. The lowest BCUT2D eigenvalue weighted by Crippen LogP contribution is -2.74. The van der Waals surface area contributed by atoms with Gasteiger partial charge < -0.3 is 20.1 Å². The van der Waals surface area contributed by atoms with Crippen molar-refractivity contribution in [1.82, 2.24) is 10.2 Å². The summed E-state index contributed by atoms with van der Waals surface area (Å²) in [4.78, 5) is 41.5. The third-order valence-corrected chi connectivity index (χ3v) is 8.24. The van der Waals surface area contributed by atoms with Crippen LogP contribution in [0.5, 0.6) is 0 Å². The molecule has 7 nitrogen and oxygen atoms in total. The molecule has 1 aromatic heterocycles. The Morgan fingerprint density at radius 3 is 2.25 bits per heavy atom. The molecule has 184 valence electrons. The van der Waals surface area contributed by atoms with Crippen molar-refractivity contribution in [2.75, 3.05) is 6.61 Å². The predicted octanol–water partition coefficient (Wildman–Crippen LogP) is 3.27. The van der Waals surface area contributed by atoms with Crippen molar-refractivity contribution in [3.05, 3.63) is 105 Å². The van der Waals surface area contributed by atoms with Gasteiger partial charge in [-0.25, -0.2) is 4.79 Å². The Bertz CT molecular complexity index is 1220. The van der Waals surface area contributed by atoms with Crippen LogP contribution in [0.2, 0.25) is 0 Å². The monoisotopic (exact) mass is 520 g/mol. The summed E-state index contributed by atoms with van der Waals surface area (Å²) >= 11 is 2.78. The van der Waals surface area contributed by atoms with Crippen LogP contribution in [0.25, 0.3) is 0 Å². The number of carbonyl (C=O) groups excluding carboxylic acids is 3. The highest BCUT2D eigenvalue weighted by Crippen LogP contribution is 2.41. The van der Waals surface area contributed by atoms with Gasteiger partial charge in [0.15, 0.2) is 12.1 Å². The van der Waals surface area contributed by atoms with E-state index >= 15 is 0 Å². The SMILES string of the molecule is O=C(Cc1cccs1)NC1C(=O)N2C(C(=O)OC(c3ccccc3)c3ccccc3)C(CO)=CS[C@@H]12. The van der Waals surface area contributed by atoms with Gasteiger partial charge in [-0.05, 0) is 33.6 Å². The Hall–Kier alpha value is -3.40. The fraction of sp³-hybridized carbons (Fsp3) is 0.222. The molecule has 5 rings (SSSR count). The number of rotatable bonds is 8. The minimum atomic E-state index is -1.06. The average Bonchev–Trinajstić information content (AvgIpc) is 3.43. The number of carbonyl (C=O) groups is 3. The van der Waals surface area contributed by atoms with E-state index < -0.39 is 29.5 Å². The fourth-order valence-electron chi connectivity index (χ4n) is 4.39. The molecule has 2 aromatic carbocycles. The van der Waals surface area contributed by atoms with Gasteiger partial charge in [0, 0.05) is 4.88 Å². The maximum atomic E-state index is 13.5. The molecule has 1 saturated heterocycles. The molecule has 1 fully saturated rings. The molecule has 9 heteroatoms. The van der Waals surface area contributed by atoms with Crippen LogP contribution in [-0.2, 0) is 25.5 Å². The molecule has 2 N–H and O–H groups in total. The number of aliphatic hydroxyl groups excluding tert-OH is 1. The van der Waals surface area contributed by atoms with E-state index in [0.717, 1.165) is 16.0 Å². The second-order valence-electron chi connectivity index (χ2n) is 8.47. The maximum Gasteiger partial charge on any atom is 0.334 e. The lowest BCUT2D eigenvalue weighted by Gasteiger charge is -2.51. The standard InChI is InChI=1S/C27H24N2O5S2/c30-15-19-16-36-26-22(28-21(31)14-20-12-7-13-35-20)25(32)29(26)23(19)27(33)34-24(17-8-3-1-4-9-17)18-10-5-2-6-11-18/h1-13,16,22-24,26,30H,14-15H2,(H,28,31)/t22?,23?,26-/m0/s1. The molecular weight excluding hydrogens is 496 g/mol. The van der Waals surface area contributed by atoms with Gasteiger partial charge >= 0.3 is 5.97 Å². The van der Waals surface area contributed by atoms with Crippen LogP contribution < -0.4 is 5.32 Å². The van der Waals surface area contributed by atoms with E-state index in [9.17, 15) is 19.5 Å². The van der Waals surface area contributed by atoms with Crippen LogP contribution in [0.3, 0.4) is 0 Å². The fourth-order valence-corrected chi connectivity index (χ4v) is 6.31. The first-order valence-corrected chi connectivity index (χ1v) is 13.3. The quantitative estimate of drug-likeness (QED) is 0.350. The van der Waals surface area contributed by atoms with E-state index in [1.54, 1.807) is 5.41 Å². The zero-order valence-electron chi connectivity index (χ0n) is 19.2. The van der Waals surface area contributed by atoms with Crippen molar-refractivity contribution in [3.8, 4) is 0 Å². The zero-order chi connectivity index (χ0) is 25.1. The molecule has 3 atom stereocenters. The van der Waals surface area contributed by atoms with Gasteiger partial charge in [-0.3, -0.25) is 9.59 Å². The Kier molecular flexibility index (Phi) is 7.22. The second-order valence-corrected chi connectivity index (χ2v) is 10.5. The molecule has 2 unspecified atom stereocenters. The van der Waals surface area contributed by atoms with Gasteiger partial charge in [0.05, 0.1) is 13.0 Å². The van der Waals surface area contributed by atoms with Crippen LogP contribution in [0.4, 0.5) is 0 Å². The first-order chi connectivity index (χ1) is 17.6. The largest absolute Gasteiger partial charge is 0.451 e. The van der Waals surface area contributed by atoms with Crippen LogP contribution >= 0.6 is 23.1 Å². The number of aliphatic hydroxyl groups is 1. The highest BCUT2D eigenvalue weighted by molar-refractivity contribution is 8.02. The summed E-state index contributed by atoms with van der Waals surface area (Å²) in [6.45, 7) is -0.389. The number of nitrogens with one attached hydrogen (secondary N) is 1. The molecule has 36 heavy (non-hydrogen) atoms. The number of amides is 2. The van der Waals surface area contributed by atoms with Crippen molar-refractivity contribution in [1.29, 1.82) is 0 Å². The van der Waals surface area contributed by atoms with Crippen LogP contribution in [-0.4, -0.2) is 51.9 Å². The summed E-state index contributed by atoms with van der Waals surface area (Å²) < 4.78 is 6.00. The maximum absolute atomic E-state index is 13.5. The number of esters is 1. The third-order valence-electron chi connectivity index (χ3n) is 6.14. The second kappa shape index (κ2) is 10.7. The first-order valence-electron chi connectivity index (χ1n) is 11.5. The van der Waals surface area contributed by atoms with Crippen molar-refractivity contribution in [2.24, 2.45) is 0 Å². The molecule has 2 amide bonds. The number of β-lactam (4-membered cyclic amide) rings is 1. The molecule has 3 aromatic rings. The van der Waals surface area contributed by atoms with Gasteiger partial charge in [0.25, 0.3) is 0 Å². The molecule has 3 heterocycles. The van der Waals surface area contributed by atoms with Crippen LogP contribution in [0, 0.1) is 0 Å². The van der Waals surface area contributed by atoms with E-state index in [1.807, 2.05) is 78.2 Å². The molecular formula is C27H24N2O5S2. The first kappa shape index (κ1) is 24.3. The van der Waals surface area contributed by atoms with Crippen molar-refractivity contribution in [2.45, 2.75) is 30.0 Å². The van der Waals surface area contributed by atoms with Gasteiger partial charge in [0.2, 0.25) is 11.8 Å². The average molecular weight is 521 g/mol. The minimum Gasteiger partial charge on any atom is -0.451 e. The Labute approximate surface area is 216 Å². The van der Waals surface area contributed by atoms with E-state index in [-0.39, 0.29) is 24.8 Å². The molecule has 2 aliphatic heterocycles. The Balaban J connectivity index is 1.35. The number of hydrogen-bond acceptors (Lipinski definition) is 7. The third kappa shape index (κ3) is 4.82. The lowest BCUT2D eigenvalue weighted by atomic mass is 9.97. The highest BCUT2D eigenvalue weighted by Gasteiger charge is 2.56. The molecule has 0 aliphatic carbocycles. The summed E-state index contributed by atoms with van der Waals surface area (Å²) in [7, 11) is 0. The summed E-state index contributed by atoms with van der Waals surface area (Å²) in [6.07, 6.45) is -0.483. The summed E-state index contributed by atoms with van der Waals surface area (Å²) in [6, 6.07) is 20.7. The van der Waals surface area contributed by atoms with Gasteiger partial charge in [-0.1, -0.05) is 66.7 Å². The van der Waals surface area contributed by atoms with Crippen LogP contribution in [0.1, 0.15) is 22.1 Å². The number of benzene rings is 2. The molecule has 0 spiro atoms. The number of ether oxygens (including phenoxy) is 1. The molecule has 0 bridgehead atoms. The van der Waals surface area contributed by atoms with E-state index in [1.165, 1.54) is 28.0 Å². The lowest BCUT2D eigenvalue weighted by molar-refractivity contribution is -0.165. The molecule has 2 aliphatic rings. The van der Waals surface area contributed by atoms with Crippen LogP contribution in [0.15, 0.2) is 89.2 Å². The number of hydrogen-bond donors (Lipinski definition) is 2. The zero-order valence-corrected chi connectivity index (χ0v) is 20.8. The Morgan fingerprint density at radius 1 is 1.00 bits per heavy atom. The van der Waals surface area contributed by atoms with E-state index in [4.69, 9.17) is 4.74 Å². The topological polar surface area (TPSA) is 95.9 Å². The molecule has 0 saturated carbocycles. The summed E-state index contributed by atoms with van der Waals surface area (Å²) in [5, 5.41) is 15.9. The Morgan fingerprint density at radius 2 is 1.67 bits per heavy atom. The number of nitrogens with zero attached hydrogens (tertiary/aromatic N) is 1. The van der Waals surface area contributed by atoms with E-state index in [0.29, 0.717) is 5.57 Å². The molecule has 0 radical (unpaired) electrons. The summed E-state index contributed by atoms with van der Waals surface area (Å²) in [5.41, 5.74) is 1.97. The van der Waals surface area contributed by atoms with Gasteiger partial charge in [0.1, 0.15) is 11.4 Å². The van der Waals surface area contributed by atoms with Crippen molar-refractivity contribution in [3.63, 3.8) is 0 Å². The normalized spacial score (nSPS) is 20.8. The predicted molar refractivity (Wildman–Crippen MR) is 138 cm³/mol. The van der Waals surface area contributed by atoms with Gasteiger partial charge in [-0.15, -0.1) is 23.1 Å². The van der Waals surface area contributed by atoms with E-state index in [2.05, 4.69) is 5.32 Å². The summed E-state index contributed by atoms with van der Waals surface area (Å²) in [5.74, 6) is -1.25. The number of thioether (sulfide) groups is 1. The van der Waals surface area contributed by atoms with Crippen molar-refractivity contribution >= 4 is 40.9 Å². The number of thiophene rings is 1. The van der Waals surface area contributed by atoms with Gasteiger partial charge in [-0.2, -0.15) is 0 Å². The van der Waals surface area contributed by atoms with Crippen molar-refractivity contribution < 1.29 is 24.2 Å². The minimum absolute atomic E-state index is 0.192. The smallest absolute Gasteiger partial charge is 0.334 e. The number of fused-ring (bicyclic) bond motifs is 1.